The number of nitrogens with zero attached hydrogens (tertiary/aromatic N) is 1. The lowest BCUT2D eigenvalue weighted by Crippen LogP contribution is -2.30. The van der Waals surface area contributed by atoms with Gasteiger partial charge in [0.1, 0.15) is 15.8 Å². The van der Waals surface area contributed by atoms with Crippen molar-refractivity contribution in [2.45, 2.75) is 71.6 Å². The van der Waals surface area contributed by atoms with Crippen molar-refractivity contribution >= 4 is 51.3 Å². The molecule has 5 rings (SSSR count). The van der Waals surface area contributed by atoms with Crippen molar-refractivity contribution in [3.63, 3.8) is 0 Å². The Morgan fingerprint density at radius 1 is 1.14 bits per heavy atom. The molecule has 4 heterocycles. The molecule has 1 aliphatic heterocycles. The summed E-state index contributed by atoms with van der Waals surface area (Å²) >= 11 is 9.40. The van der Waals surface area contributed by atoms with Gasteiger partial charge in [-0.05, 0) is 93.8 Å². The summed E-state index contributed by atoms with van der Waals surface area (Å²) in [5.41, 5.74) is 4.31. The molecule has 0 bridgehead atoms. The van der Waals surface area contributed by atoms with Gasteiger partial charge in [-0.3, -0.25) is 5.32 Å². The summed E-state index contributed by atoms with van der Waals surface area (Å²) < 4.78 is 5.70. The highest BCUT2D eigenvalue weighted by atomic mass is 35.5. The molecule has 0 radical (unpaired) electrons. The van der Waals surface area contributed by atoms with Gasteiger partial charge in [-0.2, -0.15) is 0 Å². The third-order valence-corrected chi connectivity index (χ3v) is 9.19. The summed E-state index contributed by atoms with van der Waals surface area (Å²) in [7, 11) is 0. The van der Waals surface area contributed by atoms with E-state index in [0.29, 0.717) is 22.3 Å². The van der Waals surface area contributed by atoms with Crippen LogP contribution in [-0.4, -0.2) is 29.1 Å². The maximum Gasteiger partial charge on any atom is 0.341 e. The molecule has 3 aromatic rings. The van der Waals surface area contributed by atoms with Crippen molar-refractivity contribution in [2.75, 3.05) is 11.9 Å². The highest BCUT2D eigenvalue weighted by molar-refractivity contribution is 7.17. The largest absolute Gasteiger partial charge is 0.456 e. The Labute approximate surface area is 230 Å². The maximum atomic E-state index is 13.1. The Kier molecular flexibility index (Phi) is 7.58. The van der Waals surface area contributed by atoms with E-state index in [1.807, 2.05) is 32.9 Å². The number of nitrogens with one attached hydrogen (secondary N) is 3. The molecule has 10 heteroatoms. The number of ether oxygens (including phenoxy) is 1. The van der Waals surface area contributed by atoms with Crippen LogP contribution in [-0.2, 0) is 37.1 Å². The monoisotopic (exact) mass is 558 g/mol. The van der Waals surface area contributed by atoms with E-state index in [-0.39, 0.29) is 12.0 Å². The van der Waals surface area contributed by atoms with Crippen molar-refractivity contribution in [1.29, 1.82) is 0 Å². The number of fused-ring (bicyclic) bond motifs is 2. The number of hydrogen-bond donors (Lipinski definition) is 3. The van der Waals surface area contributed by atoms with E-state index in [2.05, 4.69) is 20.9 Å². The van der Waals surface area contributed by atoms with Crippen LogP contribution in [0.4, 0.5) is 9.80 Å². The second-order valence-corrected chi connectivity index (χ2v) is 12.9. The lowest BCUT2D eigenvalue weighted by molar-refractivity contribution is 0.00699. The Balaban J connectivity index is 1.38. The van der Waals surface area contributed by atoms with Gasteiger partial charge in [0, 0.05) is 33.9 Å². The molecular formula is C27H31ClN4O3S2. The zero-order valence-corrected chi connectivity index (χ0v) is 23.6. The van der Waals surface area contributed by atoms with E-state index in [1.54, 1.807) is 17.5 Å². The zero-order chi connectivity index (χ0) is 26.2. The van der Waals surface area contributed by atoms with Gasteiger partial charge in [-0.15, -0.1) is 22.7 Å². The van der Waals surface area contributed by atoms with Gasteiger partial charge in [0.05, 0.1) is 5.56 Å². The number of carbonyl (C=O) groups is 2. The van der Waals surface area contributed by atoms with Crippen LogP contribution in [0.15, 0.2) is 18.3 Å². The summed E-state index contributed by atoms with van der Waals surface area (Å²) in [6, 6.07) is 3.47. The number of amides is 2. The summed E-state index contributed by atoms with van der Waals surface area (Å²) in [5, 5.41) is 10.5. The molecule has 0 atom stereocenters. The minimum Gasteiger partial charge on any atom is -0.456 e. The smallest absolute Gasteiger partial charge is 0.341 e. The molecule has 0 fully saturated rings. The molecule has 3 N–H and O–H groups in total. The molecular weight excluding hydrogens is 528 g/mol. The number of carbonyl (C=O) groups excluding carboxylic acids is 2. The number of aromatic nitrogens is 1. The molecule has 1 aliphatic carbocycles. The lowest BCUT2D eigenvalue weighted by Gasteiger charge is -2.21. The SMILES string of the molecule is CC(C)(C)OC(=O)c1c(NC(=O)NCc2c(-c3ccnc(Cl)c3)sc3c2CCNC3)sc2c1CCCC2. The number of aryl methyl sites for hydroxylation is 1. The van der Waals surface area contributed by atoms with E-state index in [0.717, 1.165) is 66.8 Å². The minimum absolute atomic E-state index is 0.337. The Bertz CT molecular complexity index is 1340. The molecule has 0 unspecified atom stereocenters. The van der Waals surface area contributed by atoms with Gasteiger partial charge in [0.2, 0.25) is 0 Å². The second-order valence-electron chi connectivity index (χ2n) is 10.3. The van der Waals surface area contributed by atoms with Crippen LogP contribution in [0, 0.1) is 0 Å². The van der Waals surface area contributed by atoms with E-state index in [4.69, 9.17) is 16.3 Å². The highest BCUT2D eigenvalue weighted by Gasteiger charge is 2.30. The van der Waals surface area contributed by atoms with Crippen LogP contribution in [0.1, 0.15) is 70.4 Å². The molecule has 0 spiro atoms. The number of thiophene rings is 2. The number of hydrogen-bond acceptors (Lipinski definition) is 7. The molecule has 37 heavy (non-hydrogen) atoms. The predicted octanol–water partition coefficient (Wildman–Crippen LogP) is 6.33. The molecule has 0 aromatic carbocycles. The van der Waals surface area contributed by atoms with Gasteiger partial charge in [-0.25, -0.2) is 14.6 Å². The van der Waals surface area contributed by atoms with Gasteiger partial charge in [-0.1, -0.05) is 11.6 Å². The first-order chi connectivity index (χ1) is 17.7. The molecule has 2 aliphatic rings. The maximum absolute atomic E-state index is 13.1. The normalized spacial score (nSPS) is 15.0. The third kappa shape index (κ3) is 5.85. The number of urea groups is 1. The topological polar surface area (TPSA) is 92.3 Å². The highest BCUT2D eigenvalue weighted by Crippen LogP contribution is 2.40. The van der Waals surface area contributed by atoms with Gasteiger partial charge >= 0.3 is 12.0 Å². The quantitative estimate of drug-likeness (QED) is 0.251. The number of esters is 1. The molecule has 7 nitrogen and oxygen atoms in total. The number of halogens is 1. The van der Waals surface area contributed by atoms with Crippen molar-refractivity contribution < 1.29 is 14.3 Å². The molecule has 3 aromatic heterocycles. The van der Waals surface area contributed by atoms with Crippen LogP contribution in [0.5, 0.6) is 0 Å². The first kappa shape index (κ1) is 26.2. The Morgan fingerprint density at radius 2 is 1.95 bits per heavy atom. The average Bonchev–Trinajstić information content (AvgIpc) is 3.39. The number of anilines is 1. The van der Waals surface area contributed by atoms with E-state index >= 15 is 0 Å². The summed E-state index contributed by atoms with van der Waals surface area (Å²) in [5.74, 6) is -0.376. The van der Waals surface area contributed by atoms with Crippen molar-refractivity contribution in [1.82, 2.24) is 15.6 Å². The number of rotatable bonds is 5. The average molecular weight is 559 g/mol. The van der Waals surface area contributed by atoms with Crippen LogP contribution >= 0.6 is 34.3 Å². The van der Waals surface area contributed by atoms with Gasteiger partial charge in [0.25, 0.3) is 0 Å². The fourth-order valence-corrected chi connectivity index (χ4v) is 7.66. The Morgan fingerprint density at radius 3 is 2.73 bits per heavy atom. The van der Waals surface area contributed by atoms with Crippen LogP contribution in [0.2, 0.25) is 5.15 Å². The van der Waals surface area contributed by atoms with Crippen LogP contribution < -0.4 is 16.0 Å². The van der Waals surface area contributed by atoms with Gasteiger partial charge in [0.15, 0.2) is 0 Å². The van der Waals surface area contributed by atoms with Crippen LogP contribution in [0.25, 0.3) is 10.4 Å². The van der Waals surface area contributed by atoms with Gasteiger partial charge < -0.3 is 15.4 Å². The second kappa shape index (κ2) is 10.7. The minimum atomic E-state index is -0.612. The summed E-state index contributed by atoms with van der Waals surface area (Å²) in [6.45, 7) is 7.66. The molecule has 196 valence electrons. The van der Waals surface area contributed by atoms with Crippen molar-refractivity contribution in [3.05, 3.63) is 55.5 Å². The standard InChI is InChI=1S/C27H31ClN4O3S2/c1-27(2,3)35-25(33)22-17-6-4-5-7-19(17)37-24(22)32-26(34)31-13-18-16-9-10-29-14-20(16)36-23(18)15-8-11-30-21(28)12-15/h8,11-12,29H,4-7,9-10,13-14H2,1-3H3,(H2,31,32,34). The third-order valence-electron chi connectivity index (χ3n) is 6.45. The first-order valence-corrected chi connectivity index (χ1v) is 14.6. The van der Waals surface area contributed by atoms with Crippen LogP contribution in [0.3, 0.4) is 0 Å². The molecule has 2 amide bonds. The molecule has 0 saturated heterocycles. The lowest BCUT2D eigenvalue weighted by atomic mass is 9.95. The Hall–Kier alpha value is -2.46. The van der Waals surface area contributed by atoms with E-state index in [1.165, 1.54) is 26.7 Å². The zero-order valence-electron chi connectivity index (χ0n) is 21.3. The summed E-state index contributed by atoms with van der Waals surface area (Å²) in [6.07, 6.45) is 6.49. The fourth-order valence-electron chi connectivity index (χ4n) is 4.88. The summed E-state index contributed by atoms with van der Waals surface area (Å²) in [4.78, 5) is 33.9. The van der Waals surface area contributed by atoms with E-state index in [9.17, 15) is 9.59 Å². The fraction of sp³-hybridized carbons (Fsp3) is 0.444. The van der Waals surface area contributed by atoms with Crippen molar-refractivity contribution in [3.8, 4) is 10.4 Å². The van der Waals surface area contributed by atoms with Crippen molar-refractivity contribution in [2.24, 2.45) is 0 Å². The predicted molar refractivity (Wildman–Crippen MR) is 150 cm³/mol. The molecule has 0 saturated carbocycles. The first-order valence-electron chi connectivity index (χ1n) is 12.6. The van der Waals surface area contributed by atoms with E-state index < -0.39 is 5.60 Å². The number of pyridine rings is 1.